The standard InChI is InChI=1S/C4H9NO/c1-3-4-5(2)6/h2,6H,3-4H2,1H3/q+1. The van der Waals surface area contributed by atoms with Crippen molar-refractivity contribution in [2.75, 3.05) is 6.54 Å². The molecule has 0 aromatic rings. The summed E-state index contributed by atoms with van der Waals surface area (Å²) in [4.78, 5) is 0. The van der Waals surface area contributed by atoms with E-state index < -0.39 is 0 Å². The Morgan fingerprint density at radius 2 is 2.33 bits per heavy atom. The second-order valence-corrected chi connectivity index (χ2v) is 1.16. The summed E-state index contributed by atoms with van der Waals surface area (Å²) in [6.45, 7) is 7.27. The molecule has 0 aliphatic carbocycles. The predicted octanol–water partition coefficient (Wildman–Crippen LogP) is 0.376. The van der Waals surface area contributed by atoms with E-state index in [2.05, 4.69) is 0 Å². The lowest BCUT2D eigenvalue weighted by Crippen LogP contribution is -2.02. The van der Waals surface area contributed by atoms with Crippen molar-refractivity contribution in [2.24, 2.45) is 0 Å². The van der Waals surface area contributed by atoms with Gasteiger partial charge in [0.2, 0.25) is 0 Å². The van der Waals surface area contributed by atoms with Gasteiger partial charge in [-0.3, -0.25) is 5.21 Å². The molecule has 1 N–H and O–H groups in total. The van der Waals surface area contributed by atoms with Gasteiger partial charge >= 0.3 is 0 Å². The lowest BCUT2D eigenvalue weighted by atomic mass is 10.5. The van der Waals surface area contributed by atoms with E-state index in [1.165, 1.54) is 0 Å². The average Bonchev–Trinajstić information content (AvgIpc) is 1.35. The molecule has 0 rings (SSSR count). The molecular weight excluding hydrogens is 78.0 g/mol. The van der Waals surface area contributed by atoms with Gasteiger partial charge in [0.1, 0.15) is 0 Å². The van der Waals surface area contributed by atoms with Crippen molar-refractivity contribution < 1.29 is 9.95 Å². The molecule has 0 aromatic carbocycles. The van der Waals surface area contributed by atoms with Crippen molar-refractivity contribution in [3.63, 3.8) is 0 Å². The van der Waals surface area contributed by atoms with Crippen molar-refractivity contribution in [1.29, 1.82) is 0 Å². The number of hydrogen-bond acceptors (Lipinski definition) is 1. The van der Waals surface area contributed by atoms with E-state index in [1.807, 2.05) is 6.92 Å². The van der Waals surface area contributed by atoms with Crippen molar-refractivity contribution >= 4 is 6.72 Å². The summed E-state index contributed by atoms with van der Waals surface area (Å²) in [5.74, 6) is 0. The maximum Gasteiger partial charge on any atom is 0.282 e. The zero-order valence-corrected chi connectivity index (χ0v) is 3.89. The fourth-order valence-electron chi connectivity index (χ4n) is 0.229. The largest absolute Gasteiger partial charge is 0.291 e. The van der Waals surface area contributed by atoms with Gasteiger partial charge in [0.05, 0.1) is 0 Å². The van der Waals surface area contributed by atoms with Crippen molar-refractivity contribution in [1.82, 2.24) is 0 Å². The van der Waals surface area contributed by atoms with Crippen molar-refractivity contribution in [3.8, 4) is 0 Å². The molecule has 0 saturated heterocycles. The first kappa shape index (κ1) is 5.47. The summed E-state index contributed by atoms with van der Waals surface area (Å²) in [6, 6.07) is 0. The molecule has 0 spiro atoms. The van der Waals surface area contributed by atoms with Crippen LogP contribution in [0, 0.1) is 0 Å². The van der Waals surface area contributed by atoms with Crippen LogP contribution in [0.5, 0.6) is 0 Å². The van der Waals surface area contributed by atoms with Gasteiger partial charge in [0.25, 0.3) is 6.72 Å². The Morgan fingerprint density at radius 3 is 2.33 bits per heavy atom. The number of hydrogen-bond donors (Lipinski definition) is 1. The fraction of sp³-hybridized carbons (Fsp3) is 0.750. The average molecular weight is 87.1 g/mol. The molecule has 0 atom stereocenters. The molecule has 0 aromatic heterocycles. The second kappa shape index (κ2) is 2.69. The molecule has 0 fully saturated rings. The van der Waals surface area contributed by atoms with Crippen LogP contribution in [0.1, 0.15) is 13.3 Å². The third-order valence-electron chi connectivity index (χ3n) is 0.453. The molecule has 2 nitrogen and oxygen atoms in total. The minimum atomic E-state index is 0.542. The fourth-order valence-corrected chi connectivity index (χ4v) is 0.229. The van der Waals surface area contributed by atoms with Crippen molar-refractivity contribution in [3.05, 3.63) is 0 Å². The highest BCUT2D eigenvalue weighted by atomic mass is 16.5. The molecule has 0 amide bonds. The monoisotopic (exact) mass is 87.1 g/mol. The van der Waals surface area contributed by atoms with Crippen LogP contribution in [0.2, 0.25) is 0 Å². The molecular formula is C4H9NO+. The van der Waals surface area contributed by atoms with E-state index in [1.54, 1.807) is 0 Å². The molecule has 0 unspecified atom stereocenters. The Kier molecular flexibility index (Phi) is 2.46. The zero-order chi connectivity index (χ0) is 4.99. The van der Waals surface area contributed by atoms with Crippen LogP contribution < -0.4 is 0 Å². The van der Waals surface area contributed by atoms with Crippen LogP contribution in [-0.4, -0.2) is 23.2 Å². The van der Waals surface area contributed by atoms with Crippen LogP contribution in [-0.2, 0) is 0 Å². The van der Waals surface area contributed by atoms with E-state index >= 15 is 0 Å². The Morgan fingerprint density at radius 1 is 1.83 bits per heavy atom. The molecule has 2 heteroatoms. The normalized spacial score (nSPS) is 8.17. The smallest absolute Gasteiger partial charge is 0.282 e. The van der Waals surface area contributed by atoms with E-state index in [9.17, 15) is 0 Å². The molecule has 1 radical (unpaired) electrons. The van der Waals surface area contributed by atoms with E-state index in [4.69, 9.17) is 11.9 Å². The molecule has 35 valence electrons. The molecule has 0 saturated carbocycles. The van der Waals surface area contributed by atoms with Gasteiger partial charge in [-0.2, -0.15) is 0 Å². The molecule has 0 bridgehead atoms. The maximum atomic E-state index is 8.16. The summed E-state index contributed by atoms with van der Waals surface area (Å²) in [5, 5.41) is 8.16. The lowest BCUT2D eigenvalue weighted by Gasteiger charge is -1.79. The summed E-state index contributed by atoms with van der Waals surface area (Å²) in [7, 11) is 0. The first-order chi connectivity index (χ1) is 2.77. The van der Waals surface area contributed by atoms with Gasteiger partial charge in [-0.1, -0.05) is 6.92 Å². The SMILES string of the molecule is [CH]=[N+](O)CCC. The first-order valence-corrected chi connectivity index (χ1v) is 1.98. The number of nitrogens with zero attached hydrogens (tertiary/aromatic N) is 1. The zero-order valence-electron chi connectivity index (χ0n) is 3.89. The summed E-state index contributed by atoms with van der Waals surface area (Å²) < 4.78 is 0.681. The van der Waals surface area contributed by atoms with Gasteiger partial charge in [0.15, 0.2) is 6.54 Å². The Labute approximate surface area is 37.7 Å². The van der Waals surface area contributed by atoms with Gasteiger partial charge in [0, 0.05) is 6.42 Å². The van der Waals surface area contributed by atoms with E-state index in [-0.39, 0.29) is 0 Å². The van der Waals surface area contributed by atoms with Crippen LogP contribution in [0.15, 0.2) is 0 Å². The third kappa shape index (κ3) is 3.47. The minimum absolute atomic E-state index is 0.542. The van der Waals surface area contributed by atoms with Crippen LogP contribution in [0.25, 0.3) is 0 Å². The van der Waals surface area contributed by atoms with Crippen LogP contribution >= 0.6 is 0 Å². The molecule has 0 aliphatic heterocycles. The topological polar surface area (TPSA) is 23.2 Å². The lowest BCUT2D eigenvalue weighted by molar-refractivity contribution is -0.768. The predicted molar refractivity (Wildman–Crippen MR) is 23.3 cm³/mol. The van der Waals surface area contributed by atoms with Gasteiger partial charge < -0.3 is 0 Å². The summed E-state index contributed by atoms with van der Waals surface area (Å²) in [5.41, 5.74) is 0. The highest BCUT2D eigenvalue weighted by Crippen LogP contribution is 1.69. The van der Waals surface area contributed by atoms with Crippen LogP contribution in [0.3, 0.4) is 0 Å². The minimum Gasteiger partial charge on any atom is -0.291 e. The van der Waals surface area contributed by atoms with Crippen LogP contribution in [0.4, 0.5) is 0 Å². The summed E-state index contributed by atoms with van der Waals surface area (Å²) >= 11 is 0. The van der Waals surface area contributed by atoms with Gasteiger partial charge in [-0.15, -0.1) is 0 Å². The van der Waals surface area contributed by atoms with Gasteiger partial charge in [-0.05, 0) is 4.74 Å². The van der Waals surface area contributed by atoms with E-state index in [0.717, 1.165) is 6.42 Å². The first-order valence-electron chi connectivity index (χ1n) is 1.98. The highest BCUT2D eigenvalue weighted by Gasteiger charge is 1.86. The quantitative estimate of drug-likeness (QED) is 0.224. The Balaban J connectivity index is 2.83. The molecule has 0 heterocycles. The highest BCUT2D eigenvalue weighted by molar-refractivity contribution is 5.13. The van der Waals surface area contributed by atoms with Gasteiger partial charge in [-0.25, -0.2) is 0 Å². The maximum absolute atomic E-state index is 8.16. The summed E-state index contributed by atoms with van der Waals surface area (Å²) in [6.07, 6.45) is 0.882. The Bertz CT molecular complexity index is 51.5. The molecule has 0 aliphatic rings. The third-order valence-corrected chi connectivity index (χ3v) is 0.453. The van der Waals surface area contributed by atoms with Crippen molar-refractivity contribution in [2.45, 2.75) is 13.3 Å². The number of hydroxylamine groups is 1. The second-order valence-electron chi connectivity index (χ2n) is 1.16. The number of rotatable bonds is 2. The van der Waals surface area contributed by atoms with E-state index in [0.29, 0.717) is 11.3 Å². The Hall–Kier alpha value is -0.530. The molecule has 6 heavy (non-hydrogen) atoms.